The second-order valence-electron chi connectivity index (χ2n) is 4.72. The fourth-order valence-corrected chi connectivity index (χ4v) is 2.19. The first-order chi connectivity index (χ1) is 8.94. The van der Waals surface area contributed by atoms with Crippen LogP contribution in [0.4, 0.5) is 13.2 Å². The predicted octanol–water partition coefficient (Wildman–Crippen LogP) is 4.33. The minimum absolute atomic E-state index is 0.0548. The number of fused-ring (bicyclic) bond motifs is 1. The lowest BCUT2D eigenvalue weighted by molar-refractivity contribution is -0.159. The van der Waals surface area contributed by atoms with Crippen molar-refractivity contribution in [2.24, 2.45) is 0 Å². The number of benzene rings is 2. The van der Waals surface area contributed by atoms with Crippen molar-refractivity contribution >= 4 is 0 Å². The van der Waals surface area contributed by atoms with E-state index in [-0.39, 0.29) is 11.3 Å². The molecule has 0 aliphatic carbocycles. The topological polar surface area (TPSA) is 9.23 Å². The molecule has 0 unspecified atom stereocenters. The molecular formula is C15H11F3O. The molecule has 1 aliphatic heterocycles. The first-order valence-corrected chi connectivity index (χ1v) is 5.91. The lowest BCUT2D eigenvalue weighted by atomic mass is 10.0. The highest BCUT2D eigenvalue weighted by Crippen LogP contribution is 2.41. The highest BCUT2D eigenvalue weighted by molar-refractivity contribution is 5.67. The van der Waals surface area contributed by atoms with E-state index < -0.39 is 18.3 Å². The molecule has 4 heteroatoms. The summed E-state index contributed by atoms with van der Waals surface area (Å²) in [5.41, 5.74) is 2.33. The Balaban J connectivity index is 2.07. The number of halogens is 3. The third-order valence-electron chi connectivity index (χ3n) is 3.18. The average molecular weight is 264 g/mol. The van der Waals surface area contributed by atoms with Crippen molar-refractivity contribution in [1.82, 2.24) is 0 Å². The number of ether oxygens (including phenoxy) is 1. The van der Waals surface area contributed by atoms with Crippen molar-refractivity contribution in [2.45, 2.75) is 19.5 Å². The van der Waals surface area contributed by atoms with E-state index in [4.69, 9.17) is 0 Å². The maximum Gasteiger partial charge on any atom is 0.402 e. The van der Waals surface area contributed by atoms with Gasteiger partial charge in [-0.2, -0.15) is 8.78 Å². The zero-order chi connectivity index (χ0) is 13.6. The summed E-state index contributed by atoms with van der Waals surface area (Å²) in [5, 5.41) is 0. The van der Waals surface area contributed by atoms with Gasteiger partial charge in [0.25, 0.3) is 0 Å². The molecule has 0 saturated heterocycles. The fraction of sp³-hybridized carbons (Fsp3) is 0.200. The van der Waals surface area contributed by atoms with Gasteiger partial charge in [-0.15, -0.1) is 0 Å². The van der Waals surface area contributed by atoms with E-state index in [1.165, 1.54) is 12.1 Å². The van der Waals surface area contributed by atoms with Crippen LogP contribution in [-0.2, 0) is 6.42 Å². The number of alkyl halides is 2. The van der Waals surface area contributed by atoms with E-state index in [1.54, 1.807) is 0 Å². The molecule has 0 saturated carbocycles. The maximum atomic E-state index is 13.8. The SMILES string of the molecule is Cc1ccc(-c2cc(F)c3c(c2)OC(F)(F)C3)cc1. The molecule has 2 aromatic rings. The van der Waals surface area contributed by atoms with Gasteiger partial charge < -0.3 is 4.74 Å². The summed E-state index contributed by atoms with van der Waals surface area (Å²) in [4.78, 5) is 0. The van der Waals surface area contributed by atoms with Crippen LogP contribution in [0.2, 0.25) is 0 Å². The zero-order valence-electron chi connectivity index (χ0n) is 10.2. The van der Waals surface area contributed by atoms with E-state index >= 15 is 0 Å². The van der Waals surface area contributed by atoms with Gasteiger partial charge in [0.1, 0.15) is 11.6 Å². The molecule has 1 aliphatic rings. The monoisotopic (exact) mass is 264 g/mol. The Morgan fingerprint density at radius 2 is 1.74 bits per heavy atom. The van der Waals surface area contributed by atoms with Crippen molar-refractivity contribution in [3.63, 3.8) is 0 Å². The zero-order valence-corrected chi connectivity index (χ0v) is 10.2. The van der Waals surface area contributed by atoms with Crippen molar-refractivity contribution in [1.29, 1.82) is 0 Å². The molecule has 19 heavy (non-hydrogen) atoms. The van der Waals surface area contributed by atoms with Crippen LogP contribution in [0.1, 0.15) is 11.1 Å². The van der Waals surface area contributed by atoms with Crippen molar-refractivity contribution in [3.8, 4) is 16.9 Å². The fourth-order valence-electron chi connectivity index (χ4n) is 2.19. The third kappa shape index (κ3) is 2.18. The van der Waals surface area contributed by atoms with Crippen LogP contribution in [0.3, 0.4) is 0 Å². The van der Waals surface area contributed by atoms with Crippen LogP contribution in [0.5, 0.6) is 5.75 Å². The molecule has 0 atom stereocenters. The Bertz CT molecular complexity index is 633. The summed E-state index contributed by atoms with van der Waals surface area (Å²) >= 11 is 0. The Hall–Kier alpha value is -1.97. The Morgan fingerprint density at radius 3 is 2.42 bits per heavy atom. The number of hydrogen-bond donors (Lipinski definition) is 0. The largest absolute Gasteiger partial charge is 0.432 e. The van der Waals surface area contributed by atoms with E-state index in [0.717, 1.165) is 11.1 Å². The molecule has 0 spiro atoms. The second kappa shape index (κ2) is 4.02. The van der Waals surface area contributed by atoms with Crippen LogP contribution < -0.4 is 4.74 Å². The molecule has 0 aromatic heterocycles. The summed E-state index contributed by atoms with van der Waals surface area (Å²) in [6.45, 7) is 1.94. The molecule has 0 radical (unpaired) electrons. The Labute approximate surface area is 108 Å². The quantitative estimate of drug-likeness (QED) is 0.745. The standard InChI is InChI=1S/C15H11F3O/c1-9-2-4-10(5-3-9)11-6-13(16)12-8-15(17,18)19-14(12)7-11/h2-7H,8H2,1H3. The van der Waals surface area contributed by atoms with Crippen molar-refractivity contribution < 1.29 is 17.9 Å². The van der Waals surface area contributed by atoms with Crippen molar-refractivity contribution in [2.75, 3.05) is 0 Å². The molecule has 0 fully saturated rings. The highest BCUT2D eigenvalue weighted by atomic mass is 19.3. The lowest BCUT2D eigenvalue weighted by Crippen LogP contribution is -2.20. The second-order valence-corrected chi connectivity index (χ2v) is 4.72. The first kappa shape index (κ1) is 12.1. The van der Waals surface area contributed by atoms with E-state index in [9.17, 15) is 13.2 Å². The van der Waals surface area contributed by atoms with Crippen LogP contribution in [0.25, 0.3) is 11.1 Å². The first-order valence-electron chi connectivity index (χ1n) is 5.91. The smallest absolute Gasteiger partial charge is 0.402 e. The Morgan fingerprint density at radius 1 is 1.05 bits per heavy atom. The highest BCUT2D eigenvalue weighted by Gasteiger charge is 2.41. The van der Waals surface area contributed by atoms with Gasteiger partial charge in [-0.1, -0.05) is 29.8 Å². The molecule has 2 aromatic carbocycles. The van der Waals surface area contributed by atoms with E-state index in [2.05, 4.69) is 4.74 Å². The number of hydrogen-bond acceptors (Lipinski definition) is 1. The van der Waals surface area contributed by atoms with Gasteiger partial charge >= 0.3 is 6.11 Å². The molecule has 0 bridgehead atoms. The molecule has 98 valence electrons. The summed E-state index contributed by atoms with van der Waals surface area (Å²) < 4.78 is 44.6. The minimum atomic E-state index is -3.31. The van der Waals surface area contributed by atoms with Gasteiger partial charge in [0.05, 0.1) is 6.42 Å². The molecule has 3 rings (SSSR count). The molecule has 0 N–H and O–H groups in total. The normalized spacial score (nSPS) is 16.0. The third-order valence-corrected chi connectivity index (χ3v) is 3.18. The maximum absolute atomic E-state index is 13.8. The Kier molecular flexibility index (Phi) is 2.55. The van der Waals surface area contributed by atoms with Crippen LogP contribution in [-0.4, -0.2) is 6.11 Å². The molecule has 0 amide bonds. The van der Waals surface area contributed by atoms with Crippen LogP contribution >= 0.6 is 0 Å². The number of rotatable bonds is 1. The van der Waals surface area contributed by atoms with Crippen LogP contribution in [0.15, 0.2) is 36.4 Å². The van der Waals surface area contributed by atoms with Gasteiger partial charge in [0, 0.05) is 5.56 Å². The van der Waals surface area contributed by atoms with Gasteiger partial charge in [-0.25, -0.2) is 4.39 Å². The average Bonchev–Trinajstić information content (AvgIpc) is 2.65. The van der Waals surface area contributed by atoms with Gasteiger partial charge in [-0.05, 0) is 30.2 Å². The van der Waals surface area contributed by atoms with E-state index in [0.29, 0.717) is 5.56 Å². The summed E-state index contributed by atoms with van der Waals surface area (Å²) in [7, 11) is 0. The summed E-state index contributed by atoms with van der Waals surface area (Å²) in [5.74, 6) is -0.717. The van der Waals surface area contributed by atoms with E-state index in [1.807, 2.05) is 31.2 Å². The molecule has 1 heterocycles. The molecule has 1 nitrogen and oxygen atoms in total. The summed E-state index contributed by atoms with van der Waals surface area (Å²) in [6.07, 6.45) is -4.02. The molecular weight excluding hydrogens is 253 g/mol. The van der Waals surface area contributed by atoms with Gasteiger partial charge in [0.2, 0.25) is 0 Å². The predicted molar refractivity (Wildman–Crippen MR) is 65.9 cm³/mol. The van der Waals surface area contributed by atoms with Gasteiger partial charge in [0.15, 0.2) is 0 Å². The van der Waals surface area contributed by atoms with Crippen LogP contribution in [0, 0.1) is 12.7 Å². The minimum Gasteiger partial charge on any atom is -0.432 e. The lowest BCUT2D eigenvalue weighted by Gasteiger charge is -2.08. The van der Waals surface area contributed by atoms with Crippen molar-refractivity contribution in [3.05, 3.63) is 53.3 Å². The summed E-state index contributed by atoms with van der Waals surface area (Å²) in [6, 6.07) is 10.2. The van der Waals surface area contributed by atoms with Gasteiger partial charge in [-0.3, -0.25) is 0 Å². The number of aryl methyl sites for hydroxylation is 1.